The number of nitrogens with one attached hydrogen (secondary N) is 2. The fourth-order valence-electron chi connectivity index (χ4n) is 0.378. The van der Waals surface area contributed by atoms with E-state index in [1.165, 1.54) is 6.92 Å². The van der Waals surface area contributed by atoms with Crippen molar-refractivity contribution in [2.24, 2.45) is 5.84 Å². The van der Waals surface area contributed by atoms with Gasteiger partial charge in [-0.3, -0.25) is 20.9 Å². The number of hydrogen-bond donors (Lipinski definition) is 3. The predicted octanol–water partition coefficient (Wildman–Crippen LogP) is -1.85. The van der Waals surface area contributed by atoms with Gasteiger partial charge >= 0.3 is 0 Å². The molecule has 5 nitrogen and oxygen atoms in total. The molecule has 0 unspecified atom stereocenters. The average molecular weight is 145 g/mol. The Morgan fingerprint density at radius 1 is 1.40 bits per heavy atom. The summed E-state index contributed by atoms with van der Waals surface area (Å²) in [5, 5.41) is 2.35. The Kier molecular flexibility index (Phi) is 4.43. The molecule has 0 radical (unpaired) electrons. The van der Waals surface area contributed by atoms with E-state index in [2.05, 4.69) is 10.7 Å². The second kappa shape index (κ2) is 4.89. The van der Waals surface area contributed by atoms with Crippen LogP contribution in [0.1, 0.15) is 6.92 Å². The van der Waals surface area contributed by atoms with E-state index >= 15 is 0 Å². The number of carbonyl (C=O) groups excluding carboxylic acids is 2. The Bertz CT molecular complexity index is 135. The van der Waals surface area contributed by atoms with E-state index < -0.39 is 0 Å². The van der Waals surface area contributed by atoms with E-state index in [-0.39, 0.29) is 24.8 Å². The van der Waals surface area contributed by atoms with Crippen LogP contribution in [0.3, 0.4) is 0 Å². The molecule has 58 valence electrons. The Balaban J connectivity index is 3.30. The molecule has 0 rings (SSSR count). The summed E-state index contributed by atoms with van der Waals surface area (Å²) in [6, 6.07) is 0. The highest BCUT2D eigenvalue weighted by atomic mass is 16.2. The molecule has 1 amide bonds. The summed E-state index contributed by atoms with van der Waals surface area (Å²) in [6.07, 6.45) is 0. The third-order valence-corrected chi connectivity index (χ3v) is 0.797. The molecule has 0 aromatic rings. The SMILES string of the molecule is CC(=O)CNC(=O)CNN. The maximum absolute atomic E-state index is 10.5. The maximum atomic E-state index is 10.5. The molecule has 0 spiro atoms. The third kappa shape index (κ3) is 5.20. The van der Waals surface area contributed by atoms with E-state index in [9.17, 15) is 9.59 Å². The van der Waals surface area contributed by atoms with Crippen LogP contribution in [0.5, 0.6) is 0 Å². The fourth-order valence-corrected chi connectivity index (χ4v) is 0.378. The van der Waals surface area contributed by atoms with E-state index in [4.69, 9.17) is 5.84 Å². The molecule has 0 saturated heterocycles. The van der Waals surface area contributed by atoms with Crippen LogP contribution in [0.2, 0.25) is 0 Å². The smallest absolute Gasteiger partial charge is 0.235 e. The van der Waals surface area contributed by atoms with Crippen LogP contribution >= 0.6 is 0 Å². The summed E-state index contributed by atoms with van der Waals surface area (Å²) in [5.74, 6) is 4.48. The van der Waals surface area contributed by atoms with Crippen molar-refractivity contribution in [2.75, 3.05) is 13.1 Å². The second-order valence-electron chi connectivity index (χ2n) is 1.86. The molecule has 0 aliphatic heterocycles. The number of amides is 1. The summed E-state index contributed by atoms with van der Waals surface area (Å²) in [4.78, 5) is 20.8. The lowest BCUT2D eigenvalue weighted by atomic mass is 10.4. The van der Waals surface area contributed by atoms with Crippen LogP contribution in [-0.4, -0.2) is 24.8 Å². The summed E-state index contributed by atoms with van der Waals surface area (Å²) >= 11 is 0. The first-order valence-electron chi connectivity index (χ1n) is 2.86. The van der Waals surface area contributed by atoms with E-state index in [0.29, 0.717) is 0 Å². The van der Waals surface area contributed by atoms with Crippen molar-refractivity contribution in [3.05, 3.63) is 0 Å². The number of carbonyl (C=O) groups is 2. The number of hydrogen-bond acceptors (Lipinski definition) is 4. The third-order valence-electron chi connectivity index (χ3n) is 0.797. The number of ketones is 1. The molecular formula is C5H11N3O2. The summed E-state index contributed by atoms with van der Waals surface area (Å²) in [5.41, 5.74) is 2.17. The molecule has 0 saturated carbocycles. The first-order valence-corrected chi connectivity index (χ1v) is 2.86. The Labute approximate surface area is 58.9 Å². The predicted molar refractivity (Wildman–Crippen MR) is 35.9 cm³/mol. The first-order chi connectivity index (χ1) is 4.66. The topological polar surface area (TPSA) is 84.2 Å². The summed E-state index contributed by atoms with van der Waals surface area (Å²) in [7, 11) is 0. The molecule has 5 heteroatoms. The molecule has 0 heterocycles. The zero-order valence-electron chi connectivity index (χ0n) is 5.81. The lowest BCUT2D eigenvalue weighted by Gasteiger charge is -1.99. The molecular weight excluding hydrogens is 134 g/mol. The van der Waals surface area contributed by atoms with Crippen molar-refractivity contribution in [3.63, 3.8) is 0 Å². The van der Waals surface area contributed by atoms with Gasteiger partial charge in [-0.2, -0.15) is 0 Å². The highest BCUT2D eigenvalue weighted by molar-refractivity contribution is 5.85. The standard InChI is InChI=1S/C5H11N3O2/c1-4(9)2-7-5(10)3-8-6/h8H,2-3,6H2,1H3,(H,7,10). The van der Waals surface area contributed by atoms with Crippen LogP contribution in [0.4, 0.5) is 0 Å². The highest BCUT2D eigenvalue weighted by Gasteiger charge is 1.98. The van der Waals surface area contributed by atoms with Gasteiger partial charge in [0.25, 0.3) is 0 Å². The minimum absolute atomic E-state index is 0.0350. The van der Waals surface area contributed by atoms with Gasteiger partial charge in [-0.1, -0.05) is 0 Å². The van der Waals surface area contributed by atoms with Crippen molar-refractivity contribution in [1.82, 2.24) is 10.7 Å². The first kappa shape index (κ1) is 9.06. The Morgan fingerprint density at radius 2 is 2.00 bits per heavy atom. The molecule has 0 aliphatic carbocycles. The molecule has 0 bridgehead atoms. The van der Waals surface area contributed by atoms with Crippen LogP contribution in [-0.2, 0) is 9.59 Å². The molecule has 0 atom stereocenters. The number of rotatable bonds is 4. The monoisotopic (exact) mass is 145 g/mol. The van der Waals surface area contributed by atoms with Gasteiger partial charge in [0.15, 0.2) is 0 Å². The van der Waals surface area contributed by atoms with E-state index in [1.54, 1.807) is 0 Å². The van der Waals surface area contributed by atoms with Gasteiger partial charge < -0.3 is 5.32 Å². The van der Waals surface area contributed by atoms with Crippen LogP contribution < -0.4 is 16.6 Å². The molecule has 10 heavy (non-hydrogen) atoms. The number of nitrogens with two attached hydrogens (primary N) is 1. The van der Waals surface area contributed by atoms with Crippen molar-refractivity contribution in [2.45, 2.75) is 6.92 Å². The second-order valence-corrected chi connectivity index (χ2v) is 1.86. The summed E-state index contributed by atoms with van der Waals surface area (Å²) < 4.78 is 0. The van der Waals surface area contributed by atoms with Gasteiger partial charge in [0.05, 0.1) is 13.1 Å². The molecule has 0 aliphatic rings. The van der Waals surface area contributed by atoms with Gasteiger partial charge in [-0.25, -0.2) is 0 Å². The van der Waals surface area contributed by atoms with Gasteiger partial charge in [-0.15, -0.1) is 0 Å². The van der Waals surface area contributed by atoms with Crippen LogP contribution in [0.25, 0.3) is 0 Å². The van der Waals surface area contributed by atoms with E-state index in [0.717, 1.165) is 0 Å². The fraction of sp³-hybridized carbons (Fsp3) is 0.600. The summed E-state index contributed by atoms with van der Waals surface area (Å²) in [6.45, 7) is 1.50. The number of hydrazine groups is 1. The van der Waals surface area contributed by atoms with Gasteiger partial charge in [0.1, 0.15) is 5.78 Å². The minimum atomic E-state index is -0.280. The van der Waals surface area contributed by atoms with Gasteiger partial charge in [0.2, 0.25) is 5.91 Å². The van der Waals surface area contributed by atoms with Crippen molar-refractivity contribution in [1.29, 1.82) is 0 Å². The van der Waals surface area contributed by atoms with Crippen molar-refractivity contribution >= 4 is 11.7 Å². The lowest BCUT2D eigenvalue weighted by Crippen LogP contribution is -2.38. The maximum Gasteiger partial charge on any atom is 0.235 e. The highest BCUT2D eigenvalue weighted by Crippen LogP contribution is 1.65. The zero-order chi connectivity index (χ0) is 7.98. The molecule has 4 N–H and O–H groups in total. The Morgan fingerprint density at radius 3 is 2.40 bits per heavy atom. The molecule has 0 fully saturated rings. The normalized spacial score (nSPS) is 9.00. The van der Waals surface area contributed by atoms with Gasteiger partial charge in [-0.05, 0) is 6.92 Å². The quantitative estimate of drug-likeness (QED) is 0.320. The van der Waals surface area contributed by atoms with Crippen LogP contribution in [0, 0.1) is 0 Å². The molecule has 0 aromatic heterocycles. The lowest BCUT2D eigenvalue weighted by molar-refractivity contribution is -0.123. The van der Waals surface area contributed by atoms with E-state index in [1.807, 2.05) is 0 Å². The molecule has 0 aromatic carbocycles. The van der Waals surface area contributed by atoms with Crippen LogP contribution in [0.15, 0.2) is 0 Å². The van der Waals surface area contributed by atoms with Gasteiger partial charge in [0, 0.05) is 0 Å². The number of Topliss-reactive ketones (excluding diaryl/α,β-unsaturated/α-hetero) is 1. The minimum Gasteiger partial charge on any atom is -0.348 e. The average Bonchev–Trinajstić information content (AvgIpc) is 1.85. The Hall–Kier alpha value is -0.940. The van der Waals surface area contributed by atoms with Crippen molar-refractivity contribution in [3.8, 4) is 0 Å². The largest absolute Gasteiger partial charge is 0.348 e. The van der Waals surface area contributed by atoms with Crippen molar-refractivity contribution < 1.29 is 9.59 Å². The zero-order valence-corrected chi connectivity index (χ0v) is 5.81.